The van der Waals surface area contributed by atoms with Crippen molar-refractivity contribution in [1.29, 1.82) is 0 Å². The summed E-state index contributed by atoms with van der Waals surface area (Å²) >= 11 is 5.80. The number of benzene rings is 2. The zero-order chi connectivity index (χ0) is 13.0. The summed E-state index contributed by atoms with van der Waals surface area (Å²) in [6, 6.07) is 14.6. The Kier molecular flexibility index (Phi) is 3.82. The smallest absolute Gasteiger partial charge is 0.159 e. The Hall–Kier alpha value is -2.04. The quantitative estimate of drug-likeness (QED) is 0.556. The molecular formula is C16H11ClO. The summed E-state index contributed by atoms with van der Waals surface area (Å²) in [4.78, 5) is 11.1. The second-order valence-corrected chi connectivity index (χ2v) is 4.33. The van der Waals surface area contributed by atoms with Crippen molar-refractivity contribution in [2.45, 2.75) is 6.92 Å². The SMILES string of the molecule is CC(=O)c1ccc(C#Cc2ccc(Cl)cc2)cc1. The van der Waals surface area contributed by atoms with Gasteiger partial charge in [-0.15, -0.1) is 0 Å². The lowest BCUT2D eigenvalue weighted by atomic mass is 10.1. The van der Waals surface area contributed by atoms with Gasteiger partial charge in [0, 0.05) is 21.7 Å². The maximum Gasteiger partial charge on any atom is 0.159 e. The third-order valence-electron chi connectivity index (χ3n) is 2.49. The zero-order valence-electron chi connectivity index (χ0n) is 9.91. The van der Waals surface area contributed by atoms with Gasteiger partial charge in [0.05, 0.1) is 0 Å². The number of halogens is 1. The van der Waals surface area contributed by atoms with Gasteiger partial charge in [-0.05, 0) is 43.3 Å². The molecule has 0 aliphatic carbocycles. The van der Waals surface area contributed by atoms with E-state index in [1.807, 2.05) is 36.4 Å². The van der Waals surface area contributed by atoms with Crippen molar-refractivity contribution in [3.05, 3.63) is 70.2 Å². The van der Waals surface area contributed by atoms with E-state index in [1.165, 1.54) is 0 Å². The molecule has 1 nitrogen and oxygen atoms in total. The van der Waals surface area contributed by atoms with Gasteiger partial charge in [0.25, 0.3) is 0 Å². The van der Waals surface area contributed by atoms with Crippen LogP contribution in [0, 0.1) is 11.8 Å². The monoisotopic (exact) mass is 254 g/mol. The van der Waals surface area contributed by atoms with Gasteiger partial charge in [0.15, 0.2) is 5.78 Å². The van der Waals surface area contributed by atoms with Crippen molar-refractivity contribution >= 4 is 17.4 Å². The molecule has 0 radical (unpaired) electrons. The number of hydrogen-bond donors (Lipinski definition) is 0. The second kappa shape index (κ2) is 5.53. The fraction of sp³-hybridized carbons (Fsp3) is 0.0625. The Morgan fingerprint density at radius 1 is 0.889 bits per heavy atom. The van der Waals surface area contributed by atoms with Crippen LogP contribution in [0.25, 0.3) is 0 Å². The Morgan fingerprint density at radius 2 is 1.33 bits per heavy atom. The molecule has 0 aliphatic rings. The number of carbonyl (C=O) groups is 1. The van der Waals surface area contributed by atoms with Crippen LogP contribution in [0.2, 0.25) is 5.02 Å². The summed E-state index contributed by atoms with van der Waals surface area (Å²) in [5.41, 5.74) is 2.50. The van der Waals surface area contributed by atoms with Crippen LogP contribution in [0.4, 0.5) is 0 Å². The first-order valence-electron chi connectivity index (χ1n) is 5.54. The lowest BCUT2D eigenvalue weighted by Gasteiger charge is -1.95. The standard InChI is InChI=1S/C16H11ClO/c1-12(18)15-8-4-13(5-9-15)2-3-14-6-10-16(17)11-7-14/h4-11H,1H3. The molecule has 0 atom stereocenters. The molecule has 0 unspecified atom stereocenters. The highest BCUT2D eigenvalue weighted by atomic mass is 35.5. The van der Waals surface area contributed by atoms with Gasteiger partial charge in [0.2, 0.25) is 0 Å². The molecule has 0 N–H and O–H groups in total. The van der Waals surface area contributed by atoms with Crippen molar-refractivity contribution in [3.63, 3.8) is 0 Å². The molecule has 0 spiro atoms. The maximum atomic E-state index is 11.1. The molecule has 88 valence electrons. The van der Waals surface area contributed by atoms with E-state index in [9.17, 15) is 4.79 Å². The number of Topliss-reactive ketones (excluding diaryl/α,β-unsaturated/α-hetero) is 1. The first-order chi connectivity index (χ1) is 8.65. The Balaban J connectivity index is 2.19. The average molecular weight is 255 g/mol. The van der Waals surface area contributed by atoms with E-state index in [0.717, 1.165) is 11.1 Å². The maximum absolute atomic E-state index is 11.1. The highest BCUT2D eigenvalue weighted by Gasteiger charge is 1.96. The van der Waals surface area contributed by atoms with E-state index in [2.05, 4.69) is 11.8 Å². The van der Waals surface area contributed by atoms with E-state index >= 15 is 0 Å². The van der Waals surface area contributed by atoms with E-state index in [-0.39, 0.29) is 5.78 Å². The summed E-state index contributed by atoms with van der Waals surface area (Å²) < 4.78 is 0. The van der Waals surface area contributed by atoms with Crippen LogP contribution < -0.4 is 0 Å². The summed E-state index contributed by atoms with van der Waals surface area (Å²) in [6.07, 6.45) is 0. The lowest BCUT2D eigenvalue weighted by molar-refractivity contribution is 0.101. The number of ketones is 1. The van der Waals surface area contributed by atoms with Crippen molar-refractivity contribution < 1.29 is 4.79 Å². The summed E-state index contributed by atoms with van der Waals surface area (Å²) in [7, 11) is 0. The fourth-order valence-corrected chi connectivity index (χ4v) is 1.59. The Morgan fingerprint density at radius 3 is 1.78 bits per heavy atom. The molecule has 0 aromatic heterocycles. The molecule has 0 fully saturated rings. The average Bonchev–Trinajstić information content (AvgIpc) is 2.38. The Labute approximate surface area is 111 Å². The third-order valence-corrected chi connectivity index (χ3v) is 2.74. The zero-order valence-corrected chi connectivity index (χ0v) is 10.7. The van der Waals surface area contributed by atoms with E-state index in [4.69, 9.17) is 11.6 Å². The van der Waals surface area contributed by atoms with Crippen LogP contribution in [-0.4, -0.2) is 5.78 Å². The van der Waals surface area contributed by atoms with Crippen LogP contribution in [0.5, 0.6) is 0 Å². The van der Waals surface area contributed by atoms with Crippen LogP contribution in [-0.2, 0) is 0 Å². The van der Waals surface area contributed by atoms with E-state index in [0.29, 0.717) is 10.6 Å². The third kappa shape index (κ3) is 3.23. The molecule has 2 aromatic rings. The predicted octanol–water partition coefficient (Wildman–Crippen LogP) is 3.94. The molecule has 0 aliphatic heterocycles. The summed E-state index contributed by atoms with van der Waals surface area (Å²) in [5, 5.41) is 0.700. The molecule has 2 heteroatoms. The van der Waals surface area contributed by atoms with Crippen LogP contribution in [0.1, 0.15) is 28.4 Å². The van der Waals surface area contributed by atoms with Crippen molar-refractivity contribution in [3.8, 4) is 11.8 Å². The minimum atomic E-state index is 0.0622. The lowest BCUT2D eigenvalue weighted by Crippen LogP contribution is -1.90. The van der Waals surface area contributed by atoms with Crippen LogP contribution >= 0.6 is 11.6 Å². The molecule has 0 bridgehead atoms. The molecule has 2 aromatic carbocycles. The van der Waals surface area contributed by atoms with Gasteiger partial charge >= 0.3 is 0 Å². The van der Waals surface area contributed by atoms with Gasteiger partial charge in [0.1, 0.15) is 0 Å². The van der Waals surface area contributed by atoms with E-state index in [1.54, 1.807) is 19.1 Å². The molecule has 0 saturated carbocycles. The van der Waals surface area contributed by atoms with Crippen LogP contribution in [0.15, 0.2) is 48.5 Å². The molecular weight excluding hydrogens is 244 g/mol. The highest BCUT2D eigenvalue weighted by molar-refractivity contribution is 6.30. The first-order valence-corrected chi connectivity index (χ1v) is 5.91. The minimum absolute atomic E-state index is 0.0622. The molecule has 18 heavy (non-hydrogen) atoms. The topological polar surface area (TPSA) is 17.1 Å². The second-order valence-electron chi connectivity index (χ2n) is 3.89. The Bertz CT molecular complexity index is 613. The fourth-order valence-electron chi connectivity index (χ4n) is 1.47. The minimum Gasteiger partial charge on any atom is -0.295 e. The van der Waals surface area contributed by atoms with Gasteiger partial charge in [-0.2, -0.15) is 0 Å². The van der Waals surface area contributed by atoms with Crippen molar-refractivity contribution in [1.82, 2.24) is 0 Å². The van der Waals surface area contributed by atoms with Crippen molar-refractivity contribution in [2.75, 3.05) is 0 Å². The molecule has 2 rings (SSSR count). The van der Waals surface area contributed by atoms with Gasteiger partial charge in [-0.3, -0.25) is 4.79 Å². The summed E-state index contributed by atoms with van der Waals surface area (Å²) in [5.74, 6) is 6.15. The molecule has 0 saturated heterocycles. The molecule has 0 heterocycles. The normalized spacial score (nSPS) is 9.44. The first kappa shape index (κ1) is 12.4. The predicted molar refractivity (Wildman–Crippen MR) is 73.9 cm³/mol. The van der Waals surface area contributed by atoms with E-state index < -0.39 is 0 Å². The largest absolute Gasteiger partial charge is 0.295 e. The molecule has 0 amide bonds. The number of carbonyl (C=O) groups excluding carboxylic acids is 1. The highest BCUT2D eigenvalue weighted by Crippen LogP contribution is 2.09. The van der Waals surface area contributed by atoms with Crippen LogP contribution in [0.3, 0.4) is 0 Å². The van der Waals surface area contributed by atoms with Gasteiger partial charge in [-0.25, -0.2) is 0 Å². The van der Waals surface area contributed by atoms with Crippen molar-refractivity contribution in [2.24, 2.45) is 0 Å². The summed E-state index contributed by atoms with van der Waals surface area (Å²) in [6.45, 7) is 1.55. The number of rotatable bonds is 1. The number of hydrogen-bond acceptors (Lipinski definition) is 1. The van der Waals surface area contributed by atoms with Gasteiger partial charge in [-0.1, -0.05) is 35.6 Å². The van der Waals surface area contributed by atoms with Gasteiger partial charge < -0.3 is 0 Å².